The summed E-state index contributed by atoms with van der Waals surface area (Å²) in [6.07, 6.45) is 41.4. The molecule has 0 rings (SSSR count). The molecule has 0 aliphatic carbocycles. The van der Waals surface area contributed by atoms with E-state index in [1.807, 2.05) is 0 Å². The number of rotatable bonds is 27. The van der Waals surface area contributed by atoms with Crippen LogP contribution in [0, 0.1) is 0 Å². The molecule has 0 aromatic rings. The molecule has 0 unspecified atom stereocenters. The van der Waals surface area contributed by atoms with Crippen molar-refractivity contribution in [2.75, 3.05) is 7.11 Å². The number of carbonyl (C=O) groups is 2. The van der Waals surface area contributed by atoms with Gasteiger partial charge in [-0.15, -0.1) is 0 Å². The fraction of sp³-hybridized carbons (Fsp3) is 0.771. The number of esters is 1. The van der Waals surface area contributed by atoms with Crippen molar-refractivity contribution in [1.29, 1.82) is 0 Å². The number of aliphatic carboxylic acids is 1. The van der Waals surface area contributed by atoms with Crippen molar-refractivity contribution in [2.24, 2.45) is 0 Å². The maximum atomic E-state index is 10.9. The summed E-state index contributed by atoms with van der Waals surface area (Å²) in [6.45, 7) is 4.42. The summed E-state index contributed by atoms with van der Waals surface area (Å²) < 4.78 is 4.62. The van der Waals surface area contributed by atoms with Crippen molar-refractivity contribution in [1.82, 2.24) is 0 Å². The molecule has 1 N–H and O–H groups in total. The molecule has 0 spiro atoms. The quantitative estimate of drug-likeness (QED) is 0.0630. The second-order valence-electron chi connectivity index (χ2n) is 10.6. The lowest BCUT2D eigenvalue weighted by atomic mass is 10.0. The van der Waals surface area contributed by atoms with Crippen molar-refractivity contribution in [3.05, 3.63) is 36.5 Å². The third-order valence-corrected chi connectivity index (χ3v) is 6.75. The molecule has 0 aliphatic heterocycles. The van der Waals surface area contributed by atoms with Crippen LogP contribution in [0.4, 0.5) is 0 Å². The lowest BCUT2D eigenvalue weighted by molar-refractivity contribution is -0.141. The molecule has 4 heteroatoms. The van der Waals surface area contributed by atoms with Crippen LogP contribution in [-0.2, 0) is 14.3 Å². The number of hydrogen-bond acceptors (Lipinski definition) is 3. The predicted octanol–water partition coefficient (Wildman–Crippen LogP) is 11.3. The maximum absolute atomic E-state index is 10.9. The van der Waals surface area contributed by atoms with Gasteiger partial charge in [-0.25, -0.2) is 0 Å². The smallest absolute Gasteiger partial charge is 0.305 e. The monoisotopic (exact) mass is 548 g/mol. The summed E-state index contributed by atoms with van der Waals surface area (Å²) >= 11 is 0. The highest BCUT2D eigenvalue weighted by molar-refractivity contribution is 5.69. The summed E-state index contributed by atoms with van der Waals surface area (Å²) in [4.78, 5) is 21.2. The maximum Gasteiger partial charge on any atom is 0.305 e. The summed E-state index contributed by atoms with van der Waals surface area (Å²) in [5, 5.41) is 8.50. The minimum atomic E-state index is -0.675. The van der Waals surface area contributed by atoms with Crippen LogP contribution >= 0.6 is 0 Å². The number of unbranched alkanes of at least 4 members (excludes halogenated alkanes) is 17. The molecule has 0 amide bonds. The first-order valence-electron chi connectivity index (χ1n) is 16.3. The Kier molecular flexibility index (Phi) is 36.4. The SMILES string of the molecule is CC/C=C\C/C=C\C/C=C\CCCCCCCC(=O)O.CCCCCCCCCCCCCCCC(=O)OC. The Labute approximate surface area is 242 Å². The molecule has 0 fully saturated rings. The van der Waals surface area contributed by atoms with E-state index in [1.54, 1.807) is 0 Å². The van der Waals surface area contributed by atoms with E-state index >= 15 is 0 Å². The number of ether oxygens (including phenoxy) is 1. The van der Waals surface area contributed by atoms with E-state index in [9.17, 15) is 9.59 Å². The normalized spacial score (nSPS) is 11.4. The largest absolute Gasteiger partial charge is 0.481 e. The molecule has 0 saturated carbocycles. The van der Waals surface area contributed by atoms with Crippen LogP contribution in [0.15, 0.2) is 36.5 Å². The van der Waals surface area contributed by atoms with Crippen LogP contribution in [0.2, 0.25) is 0 Å². The molecular formula is C35H64O4. The van der Waals surface area contributed by atoms with Crippen LogP contribution in [0.5, 0.6) is 0 Å². The van der Waals surface area contributed by atoms with Crippen LogP contribution in [0.3, 0.4) is 0 Å². The van der Waals surface area contributed by atoms with Gasteiger partial charge in [0.15, 0.2) is 0 Å². The van der Waals surface area contributed by atoms with Crippen molar-refractivity contribution in [2.45, 2.75) is 168 Å². The summed E-state index contributed by atoms with van der Waals surface area (Å²) in [5.41, 5.74) is 0. The Morgan fingerprint density at radius 3 is 1.41 bits per heavy atom. The average molecular weight is 549 g/mol. The van der Waals surface area contributed by atoms with Gasteiger partial charge in [0.05, 0.1) is 7.11 Å². The molecule has 4 nitrogen and oxygen atoms in total. The van der Waals surface area contributed by atoms with Gasteiger partial charge in [0, 0.05) is 12.8 Å². The Morgan fingerprint density at radius 2 is 0.949 bits per heavy atom. The van der Waals surface area contributed by atoms with Gasteiger partial charge < -0.3 is 9.84 Å². The molecule has 39 heavy (non-hydrogen) atoms. The van der Waals surface area contributed by atoms with Gasteiger partial charge in [0.25, 0.3) is 0 Å². The standard InChI is InChI=1S/C18H30O2.C17H34O2/c1-2-3-4-5-6-7-8-9-10-11-12-13-14-15-16-17-18(19)20;1-3-4-5-6-7-8-9-10-11-12-13-14-15-16-17(18)19-2/h3-4,6-7,9-10H,2,5,8,11-17H2,1H3,(H,19,20);3-16H2,1-2H3/b4-3-,7-6-,10-9-;. The van der Waals surface area contributed by atoms with Gasteiger partial charge in [-0.2, -0.15) is 0 Å². The van der Waals surface area contributed by atoms with Crippen molar-refractivity contribution in [3.8, 4) is 0 Å². The van der Waals surface area contributed by atoms with Gasteiger partial charge in [-0.3, -0.25) is 9.59 Å². The second kappa shape index (κ2) is 36.2. The molecule has 0 saturated heterocycles. The zero-order chi connectivity index (χ0) is 29.1. The Morgan fingerprint density at radius 1 is 0.538 bits per heavy atom. The molecule has 0 aromatic heterocycles. The topological polar surface area (TPSA) is 63.6 Å². The van der Waals surface area contributed by atoms with E-state index in [0.29, 0.717) is 12.8 Å². The highest BCUT2D eigenvalue weighted by Crippen LogP contribution is 2.13. The van der Waals surface area contributed by atoms with Gasteiger partial charge in [0.2, 0.25) is 0 Å². The van der Waals surface area contributed by atoms with E-state index in [2.05, 4.69) is 55.0 Å². The number of carbonyl (C=O) groups excluding carboxylic acids is 1. The van der Waals surface area contributed by atoms with Gasteiger partial charge in [0.1, 0.15) is 0 Å². The van der Waals surface area contributed by atoms with E-state index in [4.69, 9.17) is 5.11 Å². The number of hydrogen-bond donors (Lipinski definition) is 1. The molecular weight excluding hydrogens is 484 g/mol. The Bertz CT molecular complexity index is 591. The predicted molar refractivity (Wildman–Crippen MR) is 169 cm³/mol. The number of carboxylic acid groups (broad SMARTS) is 1. The molecule has 0 bridgehead atoms. The zero-order valence-corrected chi connectivity index (χ0v) is 26.1. The van der Waals surface area contributed by atoms with Crippen molar-refractivity contribution < 1.29 is 19.4 Å². The van der Waals surface area contributed by atoms with Gasteiger partial charge >= 0.3 is 11.9 Å². The first-order chi connectivity index (χ1) is 19.1. The lowest BCUT2D eigenvalue weighted by Crippen LogP contribution is -1.99. The van der Waals surface area contributed by atoms with Gasteiger partial charge in [-0.1, -0.05) is 147 Å². The lowest BCUT2D eigenvalue weighted by Gasteiger charge is -2.03. The third-order valence-electron chi connectivity index (χ3n) is 6.75. The molecule has 0 atom stereocenters. The molecule has 0 heterocycles. The fourth-order valence-corrected chi connectivity index (χ4v) is 4.28. The summed E-state index contributed by atoms with van der Waals surface area (Å²) in [5.74, 6) is -0.741. The minimum Gasteiger partial charge on any atom is -0.481 e. The van der Waals surface area contributed by atoms with E-state index in [0.717, 1.165) is 51.4 Å². The average Bonchev–Trinajstić information content (AvgIpc) is 2.93. The highest BCUT2D eigenvalue weighted by atomic mass is 16.5. The van der Waals surface area contributed by atoms with E-state index in [1.165, 1.54) is 97.0 Å². The molecule has 228 valence electrons. The number of carboxylic acids is 1. The molecule has 0 aromatic carbocycles. The Hall–Kier alpha value is -1.84. The fourth-order valence-electron chi connectivity index (χ4n) is 4.28. The highest BCUT2D eigenvalue weighted by Gasteiger charge is 1.99. The first-order valence-corrected chi connectivity index (χ1v) is 16.3. The second-order valence-corrected chi connectivity index (χ2v) is 10.6. The molecule has 0 aliphatic rings. The molecule has 0 radical (unpaired) electrons. The first kappa shape index (κ1) is 39.3. The van der Waals surface area contributed by atoms with Crippen molar-refractivity contribution >= 4 is 11.9 Å². The summed E-state index contributed by atoms with van der Waals surface area (Å²) in [6, 6.07) is 0. The minimum absolute atomic E-state index is 0.0666. The zero-order valence-electron chi connectivity index (χ0n) is 26.1. The van der Waals surface area contributed by atoms with E-state index in [-0.39, 0.29) is 5.97 Å². The van der Waals surface area contributed by atoms with E-state index < -0.39 is 5.97 Å². The summed E-state index contributed by atoms with van der Waals surface area (Å²) in [7, 11) is 1.46. The third kappa shape index (κ3) is 40.8. The number of allylic oxidation sites excluding steroid dienone is 6. The van der Waals surface area contributed by atoms with Crippen LogP contribution in [0.1, 0.15) is 168 Å². The van der Waals surface area contributed by atoms with Crippen LogP contribution < -0.4 is 0 Å². The van der Waals surface area contributed by atoms with Crippen LogP contribution in [-0.4, -0.2) is 24.2 Å². The van der Waals surface area contributed by atoms with Gasteiger partial charge in [-0.05, 0) is 44.9 Å². The van der Waals surface area contributed by atoms with Crippen molar-refractivity contribution in [3.63, 3.8) is 0 Å². The number of methoxy groups -OCH3 is 1. The van der Waals surface area contributed by atoms with Crippen LogP contribution in [0.25, 0.3) is 0 Å². The Balaban J connectivity index is 0.